The number of hydrogen-bond donors (Lipinski definition) is 1. The van der Waals surface area contributed by atoms with Crippen molar-refractivity contribution in [2.24, 2.45) is 0 Å². The Kier molecular flexibility index (Phi) is 4.34. The van der Waals surface area contributed by atoms with Gasteiger partial charge >= 0.3 is 0 Å². The fourth-order valence-corrected chi connectivity index (χ4v) is 2.36. The third kappa shape index (κ3) is 3.17. The molecule has 1 fully saturated rings. The van der Waals surface area contributed by atoms with E-state index in [1.165, 1.54) is 5.56 Å². The van der Waals surface area contributed by atoms with E-state index in [0.29, 0.717) is 0 Å². The van der Waals surface area contributed by atoms with E-state index < -0.39 is 0 Å². The van der Waals surface area contributed by atoms with Crippen LogP contribution in [-0.4, -0.2) is 54.3 Å². The zero-order valence-corrected chi connectivity index (χ0v) is 10.5. The number of anilines is 1. The molecule has 2 heterocycles. The number of aromatic nitrogens is 1. The lowest BCUT2D eigenvalue weighted by Gasteiger charge is -2.23. The normalized spacial score (nSPS) is 18.1. The minimum absolute atomic E-state index is 0.253. The molecule has 0 spiro atoms. The van der Waals surface area contributed by atoms with Crippen LogP contribution in [0.1, 0.15) is 12.0 Å². The second-order valence-electron chi connectivity index (χ2n) is 4.55. The van der Waals surface area contributed by atoms with Crippen molar-refractivity contribution in [3.05, 3.63) is 23.9 Å². The van der Waals surface area contributed by atoms with Gasteiger partial charge in [-0.2, -0.15) is 0 Å². The van der Waals surface area contributed by atoms with E-state index >= 15 is 0 Å². The molecule has 1 saturated heterocycles. The summed E-state index contributed by atoms with van der Waals surface area (Å²) >= 11 is 0. The lowest BCUT2D eigenvalue weighted by atomic mass is 10.2. The van der Waals surface area contributed by atoms with Crippen molar-refractivity contribution < 1.29 is 5.11 Å². The molecule has 1 N–H and O–H groups in total. The highest BCUT2D eigenvalue weighted by molar-refractivity contribution is 5.45. The van der Waals surface area contributed by atoms with Crippen molar-refractivity contribution in [2.45, 2.75) is 13.3 Å². The molecule has 0 amide bonds. The summed E-state index contributed by atoms with van der Waals surface area (Å²) in [5.74, 6) is 1.11. The van der Waals surface area contributed by atoms with Crippen molar-refractivity contribution in [3.63, 3.8) is 0 Å². The fourth-order valence-electron chi connectivity index (χ4n) is 2.36. The molecule has 0 bridgehead atoms. The Balaban J connectivity index is 2.01. The monoisotopic (exact) mass is 235 g/mol. The van der Waals surface area contributed by atoms with Gasteiger partial charge in [0.25, 0.3) is 0 Å². The number of aliphatic hydroxyl groups excluding tert-OH is 1. The predicted molar refractivity (Wildman–Crippen MR) is 69.3 cm³/mol. The van der Waals surface area contributed by atoms with Crippen LogP contribution in [0.25, 0.3) is 0 Å². The second-order valence-corrected chi connectivity index (χ2v) is 4.55. The highest BCUT2D eigenvalue weighted by Crippen LogP contribution is 2.17. The maximum absolute atomic E-state index is 8.97. The predicted octanol–water partition coefficient (Wildman–Crippen LogP) is 0.894. The van der Waals surface area contributed by atoms with Crippen LogP contribution in [-0.2, 0) is 0 Å². The maximum atomic E-state index is 8.97. The fraction of sp³-hybridized carbons (Fsp3) is 0.615. The van der Waals surface area contributed by atoms with Crippen LogP contribution in [0.2, 0.25) is 0 Å². The number of hydrogen-bond acceptors (Lipinski definition) is 4. The van der Waals surface area contributed by atoms with E-state index in [2.05, 4.69) is 27.8 Å². The smallest absolute Gasteiger partial charge is 0.131 e. The molecule has 0 aromatic carbocycles. The summed E-state index contributed by atoms with van der Waals surface area (Å²) in [6.07, 6.45) is 2.99. The molecular weight excluding hydrogens is 214 g/mol. The first-order chi connectivity index (χ1) is 8.31. The molecule has 0 saturated carbocycles. The van der Waals surface area contributed by atoms with E-state index in [4.69, 9.17) is 5.11 Å². The topological polar surface area (TPSA) is 39.6 Å². The van der Waals surface area contributed by atoms with E-state index in [1.807, 2.05) is 12.3 Å². The average Bonchev–Trinajstić information content (AvgIpc) is 2.56. The largest absolute Gasteiger partial charge is 0.395 e. The zero-order chi connectivity index (χ0) is 12.1. The average molecular weight is 235 g/mol. The second kappa shape index (κ2) is 5.98. The minimum atomic E-state index is 0.253. The third-order valence-electron chi connectivity index (χ3n) is 3.29. The summed E-state index contributed by atoms with van der Waals surface area (Å²) in [6.45, 7) is 7.29. The quantitative estimate of drug-likeness (QED) is 0.845. The Morgan fingerprint density at radius 3 is 2.94 bits per heavy atom. The van der Waals surface area contributed by atoms with Crippen molar-refractivity contribution in [3.8, 4) is 0 Å². The van der Waals surface area contributed by atoms with Crippen LogP contribution in [0.5, 0.6) is 0 Å². The standard InChI is InChI=1S/C13H21N3O/c1-12-4-2-5-14-13(12)16-7-3-6-15(8-9-16)10-11-17/h2,4-5,17H,3,6-11H2,1H3. The van der Waals surface area contributed by atoms with Crippen molar-refractivity contribution in [2.75, 3.05) is 44.2 Å². The van der Waals surface area contributed by atoms with Gasteiger partial charge in [-0.15, -0.1) is 0 Å². The number of rotatable bonds is 3. The van der Waals surface area contributed by atoms with E-state index in [0.717, 1.165) is 45.0 Å². The van der Waals surface area contributed by atoms with Crippen LogP contribution in [0, 0.1) is 6.92 Å². The first-order valence-electron chi connectivity index (χ1n) is 6.31. The molecule has 1 aromatic heterocycles. The highest BCUT2D eigenvalue weighted by atomic mass is 16.3. The molecule has 0 unspecified atom stereocenters. The first-order valence-corrected chi connectivity index (χ1v) is 6.31. The van der Waals surface area contributed by atoms with Gasteiger partial charge in [-0.05, 0) is 31.5 Å². The molecule has 2 rings (SSSR count). The molecule has 4 nitrogen and oxygen atoms in total. The summed E-state index contributed by atoms with van der Waals surface area (Å²) in [5, 5.41) is 8.97. The Morgan fingerprint density at radius 2 is 2.18 bits per heavy atom. The molecule has 1 aliphatic heterocycles. The number of nitrogens with zero attached hydrogens (tertiary/aromatic N) is 3. The van der Waals surface area contributed by atoms with E-state index in [1.54, 1.807) is 0 Å². The summed E-state index contributed by atoms with van der Waals surface area (Å²) in [4.78, 5) is 9.14. The van der Waals surface area contributed by atoms with Gasteiger partial charge in [0.05, 0.1) is 6.61 Å². The van der Waals surface area contributed by atoms with Gasteiger partial charge in [-0.1, -0.05) is 6.07 Å². The van der Waals surface area contributed by atoms with Crippen LogP contribution < -0.4 is 4.90 Å². The van der Waals surface area contributed by atoms with Crippen LogP contribution in [0.4, 0.5) is 5.82 Å². The molecule has 0 radical (unpaired) electrons. The molecule has 1 aliphatic rings. The molecule has 4 heteroatoms. The zero-order valence-electron chi connectivity index (χ0n) is 10.5. The summed E-state index contributed by atoms with van der Waals surface area (Å²) in [5.41, 5.74) is 1.24. The molecule has 17 heavy (non-hydrogen) atoms. The number of aryl methyl sites for hydroxylation is 1. The number of aliphatic hydroxyl groups is 1. The van der Waals surface area contributed by atoms with Crippen LogP contribution in [0.3, 0.4) is 0 Å². The van der Waals surface area contributed by atoms with Gasteiger partial charge in [0.1, 0.15) is 5.82 Å². The summed E-state index contributed by atoms with van der Waals surface area (Å²) in [6, 6.07) is 4.09. The van der Waals surface area contributed by atoms with Crippen LogP contribution >= 0.6 is 0 Å². The van der Waals surface area contributed by atoms with Gasteiger partial charge < -0.3 is 10.0 Å². The molecular formula is C13H21N3O. The van der Waals surface area contributed by atoms with Crippen LogP contribution in [0.15, 0.2) is 18.3 Å². The Labute approximate surface area is 103 Å². The Morgan fingerprint density at radius 1 is 1.29 bits per heavy atom. The number of pyridine rings is 1. The lowest BCUT2D eigenvalue weighted by Crippen LogP contribution is -2.33. The Bertz CT molecular complexity index is 356. The van der Waals surface area contributed by atoms with Gasteiger partial charge in [0, 0.05) is 32.4 Å². The highest BCUT2D eigenvalue weighted by Gasteiger charge is 2.16. The van der Waals surface area contributed by atoms with Gasteiger partial charge in [-0.25, -0.2) is 4.98 Å². The van der Waals surface area contributed by atoms with E-state index in [9.17, 15) is 0 Å². The number of β-amino-alcohol motifs (C(OH)–C–C–N with tert-alkyl or cyclic N) is 1. The molecule has 94 valence electrons. The van der Waals surface area contributed by atoms with Crippen molar-refractivity contribution in [1.82, 2.24) is 9.88 Å². The minimum Gasteiger partial charge on any atom is -0.395 e. The summed E-state index contributed by atoms with van der Waals surface area (Å²) < 4.78 is 0. The first kappa shape index (κ1) is 12.3. The third-order valence-corrected chi connectivity index (χ3v) is 3.29. The molecule has 0 atom stereocenters. The van der Waals surface area contributed by atoms with Gasteiger partial charge in [0.15, 0.2) is 0 Å². The van der Waals surface area contributed by atoms with Crippen molar-refractivity contribution in [1.29, 1.82) is 0 Å². The van der Waals surface area contributed by atoms with Gasteiger partial charge in [0.2, 0.25) is 0 Å². The maximum Gasteiger partial charge on any atom is 0.131 e. The van der Waals surface area contributed by atoms with E-state index in [-0.39, 0.29) is 6.61 Å². The summed E-state index contributed by atoms with van der Waals surface area (Å²) in [7, 11) is 0. The SMILES string of the molecule is Cc1cccnc1N1CCCN(CCO)CC1. The lowest BCUT2D eigenvalue weighted by molar-refractivity contribution is 0.204. The Hall–Kier alpha value is -1.13. The van der Waals surface area contributed by atoms with Gasteiger partial charge in [-0.3, -0.25) is 4.90 Å². The van der Waals surface area contributed by atoms with Crippen molar-refractivity contribution >= 4 is 5.82 Å². The molecule has 0 aliphatic carbocycles. The molecule has 1 aromatic rings.